The Morgan fingerprint density at radius 2 is 2.00 bits per heavy atom. The van der Waals surface area contributed by atoms with Gasteiger partial charge >= 0.3 is 6.18 Å². The van der Waals surface area contributed by atoms with Crippen LogP contribution in [-0.4, -0.2) is 28.5 Å². The van der Waals surface area contributed by atoms with Gasteiger partial charge in [-0.25, -0.2) is 0 Å². The Balaban J connectivity index is 1.81. The van der Waals surface area contributed by atoms with E-state index in [9.17, 15) is 13.2 Å². The van der Waals surface area contributed by atoms with Crippen molar-refractivity contribution in [2.45, 2.75) is 25.6 Å². The van der Waals surface area contributed by atoms with Gasteiger partial charge in [-0.1, -0.05) is 17.7 Å². The Labute approximate surface area is 143 Å². The number of rotatable bonds is 1. The van der Waals surface area contributed by atoms with Crippen molar-refractivity contribution in [2.24, 2.45) is 0 Å². The molecule has 1 N–H and O–H groups in total. The average Bonchev–Trinajstić information content (AvgIpc) is 2.91. The third kappa shape index (κ3) is 2.80. The lowest BCUT2D eigenvalue weighted by Gasteiger charge is -2.30. The highest BCUT2D eigenvalue weighted by atomic mass is 19.4. The first-order valence-corrected chi connectivity index (χ1v) is 8.15. The molecule has 1 unspecified atom stereocenters. The molecule has 3 heterocycles. The van der Waals surface area contributed by atoms with Crippen molar-refractivity contribution in [3.8, 4) is 0 Å². The zero-order valence-corrected chi connectivity index (χ0v) is 14.0. The van der Waals surface area contributed by atoms with Crippen LogP contribution < -0.4 is 0 Å². The fraction of sp³-hybridized carbons (Fsp3) is 0.316. The van der Waals surface area contributed by atoms with Crippen molar-refractivity contribution in [3.63, 3.8) is 0 Å². The molecule has 0 fully saturated rings. The molecular weight excluding hydrogens is 327 g/mol. The minimum atomic E-state index is -4.41. The lowest BCUT2D eigenvalue weighted by molar-refractivity contribution is -0.141. The number of fused-ring (bicyclic) bond motifs is 3. The summed E-state index contributed by atoms with van der Waals surface area (Å²) in [6, 6.07) is 8.89. The molecule has 0 radical (unpaired) electrons. The van der Waals surface area contributed by atoms with Crippen molar-refractivity contribution in [1.82, 2.24) is 14.9 Å². The van der Waals surface area contributed by atoms with Crippen LogP contribution >= 0.6 is 0 Å². The number of alkyl halides is 3. The zero-order chi connectivity index (χ0) is 17.8. The number of hydrogen-bond acceptors (Lipinski definition) is 2. The van der Waals surface area contributed by atoms with Crippen molar-refractivity contribution < 1.29 is 13.2 Å². The molecule has 25 heavy (non-hydrogen) atoms. The molecule has 1 aliphatic heterocycles. The standard InChI is InChI=1S/C19H18F3N3/c1-11-3-5-16-13(7-11)15-10-25(2)9-14(18(15)24-16)12-4-6-17(23-8-12)19(20,21)22/h3-8,14,24H,9-10H2,1-2H3. The molecule has 2 aromatic heterocycles. The van der Waals surface area contributed by atoms with Gasteiger partial charge in [0, 0.05) is 41.8 Å². The SMILES string of the molecule is Cc1ccc2[nH]c3c(c2c1)CN(C)CC3c1ccc(C(F)(F)F)nc1. The Morgan fingerprint density at radius 1 is 1.20 bits per heavy atom. The number of pyridine rings is 1. The molecule has 0 bridgehead atoms. The molecule has 0 amide bonds. The Morgan fingerprint density at radius 3 is 2.68 bits per heavy atom. The second kappa shape index (κ2) is 5.59. The summed E-state index contributed by atoms with van der Waals surface area (Å²) in [7, 11) is 2.03. The van der Waals surface area contributed by atoms with Gasteiger partial charge in [0.15, 0.2) is 0 Å². The molecule has 0 aliphatic carbocycles. The molecule has 0 saturated heterocycles. The van der Waals surface area contributed by atoms with Gasteiger partial charge in [0.25, 0.3) is 0 Å². The van der Waals surface area contributed by atoms with Crippen LogP contribution in [0.3, 0.4) is 0 Å². The zero-order valence-electron chi connectivity index (χ0n) is 14.0. The van der Waals surface area contributed by atoms with Crippen LogP contribution in [0.15, 0.2) is 36.5 Å². The van der Waals surface area contributed by atoms with E-state index in [0.29, 0.717) is 0 Å². The number of aryl methyl sites for hydroxylation is 1. The van der Waals surface area contributed by atoms with Crippen LogP contribution in [0.1, 0.15) is 34.0 Å². The van der Waals surface area contributed by atoms with Gasteiger partial charge in [0.1, 0.15) is 5.69 Å². The Bertz CT molecular complexity index is 925. The van der Waals surface area contributed by atoms with Crippen LogP contribution in [0, 0.1) is 6.92 Å². The van der Waals surface area contributed by atoms with Crippen molar-refractivity contribution in [3.05, 3.63) is 64.6 Å². The number of likely N-dealkylation sites (N-methyl/N-ethyl adjacent to an activating group) is 1. The number of halogens is 3. The van der Waals surface area contributed by atoms with Crippen molar-refractivity contribution in [2.75, 3.05) is 13.6 Å². The van der Waals surface area contributed by atoms with E-state index < -0.39 is 11.9 Å². The van der Waals surface area contributed by atoms with Crippen LogP contribution in [0.2, 0.25) is 0 Å². The first-order chi connectivity index (χ1) is 11.8. The summed E-state index contributed by atoms with van der Waals surface area (Å²) in [5, 5.41) is 1.19. The largest absolute Gasteiger partial charge is 0.433 e. The normalized spacial score (nSPS) is 18.5. The number of aromatic nitrogens is 2. The van der Waals surface area contributed by atoms with Gasteiger partial charge < -0.3 is 9.88 Å². The van der Waals surface area contributed by atoms with Crippen molar-refractivity contribution >= 4 is 10.9 Å². The van der Waals surface area contributed by atoms with Gasteiger partial charge in [-0.2, -0.15) is 13.2 Å². The van der Waals surface area contributed by atoms with E-state index in [1.54, 1.807) is 6.07 Å². The molecule has 1 aliphatic rings. The fourth-order valence-electron chi connectivity index (χ4n) is 3.64. The van der Waals surface area contributed by atoms with Crippen LogP contribution in [0.5, 0.6) is 0 Å². The first kappa shape index (κ1) is 16.1. The molecular formula is C19H18F3N3. The minimum Gasteiger partial charge on any atom is -0.358 e. The summed E-state index contributed by atoms with van der Waals surface area (Å²) in [6.45, 7) is 3.62. The molecule has 3 nitrogen and oxygen atoms in total. The number of hydrogen-bond donors (Lipinski definition) is 1. The Hall–Kier alpha value is -2.34. The molecule has 3 aromatic rings. The summed E-state index contributed by atoms with van der Waals surface area (Å²) < 4.78 is 38.3. The monoisotopic (exact) mass is 345 g/mol. The second-order valence-electron chi connectivity index (χ2n) is 6.79. The Kier molecular flexibility index (Phi) is 3.61. The number of nitrogens with one attached hydrogen (secondary N) is 1. The van der Waals surface area contributed by atoms with E-state index in [2.05, 4.69) is 40.0 Å². The predicted octanol–water partition coefficient (Wildman–Crippen LogP) is 4.47. The molecule has 1 atom stereocenters. The lowest BCUT2D eigenvalue weighted by Crippen LogP contribution is -2.30. The van der Waals surface area contributed by atoms with Crippen LogP contribution in [-0.2, 0) is 12.7 Å². The highest BCUT2D eigenvalue weighted by molar-refractivity contribution is 5.86. The summed E-state index contributed by atoms with van der Waals surface area (Å²) in [6.07, 6.45) is -3.06. The topological polar surface area (TPSA) is 31.9 Å². The van der Waals surface area contributed by atoms with Gasteiger partial charge in [0.2, 0.25) is 0 Å². The summed E-state index contributed by atoms with van der Waals surface area (Å²) in [5.74, 6) is -0.0174. The molecule has 4 rings (SSSR count). The maximum atomic E-state index is 12.8. The fourth-order valence-corrected chi connectivity index (χ4v) is 3.64. The third-order valence-corrected chi connectivity index (χ3v) is 4.84. The number of nitrogens with zero attached hydrogens (tertiary/aromatic N) is 2. The number of H-pyrrole nitrogens is 1. The minimum absolute atomic E-state index is 0.0174. The molecule has 1 aromatic carbocycles. The average molecular weight is 345 g/mol. The maximum absolute atomic E-state index is 12.8. The lowest BCUT2D eigenvalue weighted by atomic mass is 9.89. The molecule has 6 heteroatoms. The quantitative estimate of drug-likeness (QED) is 0.706. The van der Waals surface area contributed by atoms with Gasteiger partial charge in [0.05, 0.1) is 0 Å². The van der Waals surface area contributed by atoms with Gasteiger partial charge in [-0.05, 0) is 43.3 Å². The highest BCUT2D eigenvalue weighted by Gasteiger charge is 2.33. The molecule has 0 spiro atoms. The third-order valence-electron chi connectivity index (χ3n) is 4.84. The summed E-state index contributed by atoms with van der Waals surface area (Å²) in [4.78, 5) is 9.31. The second-order valence-corrected chi connectivity index (χ2v) is 6.79. The molecule has 130 valence electrons. The summed E-state index contributed by atoms with van der Waals surface area (Å²) >= 11 is 0. The highest BCUT2D eigenvalue weighted by Crippen LogP contribution is 2.37. The summed E-state index contributed by atoms with van der Waals surface area (Å²) in [5.41, 5.74) is 4.50. The van der Waals surface area contributed by atoms with E-state index in [4.69, 9.17) is 0 Å². The van der Waals surface area contributed by atoms with Crippen LogP contribution in [0.4, 0.5) is 13.2 Å². The number of benzene rings is 1. The molecule has 0 saturated carbocycles. The van der Waals surface area contributed by atoms with E-state index in [-0.39, 0.29) is 5.92 Å². The van der Waals surface area contributed by atoms with E-state index in [1.807, 2.05) is 7.05 Å². The van der Waals surface area contributed by atoms with Gasteiger partial charge in [-0.15, -0.1) is 0 Å². The van der Waals surface area contributed by atoms with E-state index >= 15 is 0 Å². The predicted molar refractivity (Wildman–Crippen MR) is 90.5 cm³/mol. The van der Waals surface area contributed by atoms with E-state index in [0.717, 1.165) is 35.9 Å². The first-order valence-electron chi connectivity index (χ1n) is 8.15. The van der Waals surface area contributed by atoms with Gasteiger partial charge in [-0.3, -0.25) is 4.98 Å². The van der Waals surface area contributed by atoms with E-state index in [1.165, 1.54) is 22.7 Å². The number of aromatic amines is 1. The smallest absolute Gasteiger partial charge is 0.358 e. The maximum Gasteiger partial charge on any atom is 0.433 e. The van der Waals surface area contributed by atoms with Crippen LogP contribution in [0.25, 0.3) is 10.9 Å². The van der Waals surface area contributed by atoms with Crippen molar-refractivity contribution in [1.29, 1.82) is 0 Å².